The van der Waals surface area contributed by atoms with E-state index in [-0.39, 0.29) is 13.2 Å². The Labute approximate surface area is 110 Å². The minimum absolute atomic E-state index is 0.200. The van der Waals surface area contributed by atoms with Crippen LogP contribution in [0, 0.1) is 12.3 Å². The minimum atomic E-state index is 0.200. The number of aliphatic hydroxyl groups excluding tert-OH is 1. The molecule has 0 aliphatic heterocycles. The SMILES string of the molecule is C#CCOc1ccc(Br)cc1CNCCCO. The Hall–Kier alpha value is -1.02. The number of hydrogen-bond acceptors (Lipinski definition) is 3. The molecule has 0 aliphatic rings. The standard InChI is InChI=1S/C13H16BrNO2/c1-2-8-17-13-5-4-12(14)9-11(13)10-15-6-3-7-16/h1,4-5,9,15-16H,3,6-8,10H2. The van der Waals surface area contributed by atoms with Gasteiger partial charge in [-0.25, -0.2) is 0 Å². The number of rotatable bonds is 7. The molecule has 1 aromatic rings. The monoisotopic (exact) mass is 297 g/mol. The molecule has 92 valence electrons. The lowest BCUT2D eigenvalue weighted by molar-refractivity contribution is 0.285. The second-order valence-electron chi connectivity index (χ2n) is 3.50. The summed E-state index contributed by atoms with van der Waals surface area (Å²) in [6.07, 6.45) is 5.91. The molecule has 3 nitrogen and oxygen atoms in total. The molecule has 0 saturated carbocycles. The zero-order chi connectivity index (χ0) is 12.5. The van der Waals surface area contributed by atoms with Gasteiger partial charge in [-0.15, -0.1) is 6.42 Å². The molecule has 1 rings (SSSR count). The van der Waals surface area contributed by atoms with Gasteiger partial charge in [0.25, 0.3) is 0 Å². The van der Waals surface area contributed by atoms with Gasteiger partial charge in [-0.3, -0.25) is 0 Å². The molecule has 0 saturated heterocycles. The van der Waals surface area contributed by atoms with Crippen molar-refractivity contribution in [2.75, 3.05) is 19.8 Å². The molecule has 17 heavy (non-hydrogen) atoms. The van der Waals surface area contributed by atoms with Crippen LogP contribution in [-0.2, 0) is 6.54 Å². The van der Waals surface area contributed by atoms with Crippen LogP contribution in [-0.4, -0.2) is 24.9 Å². The molecular formula is C13H16BrNO2. The van der Waals surface area contributed by atoms with Crippen LogP contribution in [0.25, 0.3) is 0 Å². The van der Waals surface area contributed by atoms with Gasteiger partial charge in [0.15, 0.2) is 0 Å². The Morgan fingerprint density at radius 3 is 3.00 bits per heavy atom. The molecule has 0 unspecified atom stereocenters. The topological polar surface area (TPSA) is 41.5 Å². The zero-order valence-electron chi connectivity index (χ0n) is 9.58. The maximum Gasteiger partial charge on any atom is 0.148 e. The van der Waals surface area contributed by atoms with Crippen LogP contribution in [0.5, 0.6) is 5.75 Å². The summed E-state index contributed by atoms with van der Waals surface area (Å²) in [5.74, 6) is 3.24. The molecule has 0 fully saturated rings. The number of halogens is 1. The van der Waals surface area contributed by atoms with Crippen molar-refractivity contribution < 1.29 is 9.84 Å². The highest BCUT2D eigenvalue weighted by Crippen LogP contribution is 2.23. The molecular weight excluding hydrogens is 282 g/mol. The van der Waals surface area contributed by atoms with E-state index < -0.39 is 0 Å². The summed E-state index contributed by atoms with van der Waals surface area (Å²) in [6, 6.07) is 5.81. The summed E-state index contributed by atoms with van der Waals surface area (Å²) in [7, 11) is 0. The van der Waals surface area contributed by atoms with Crippen molar-refractivity contribution in [3.63, 3.8) is 0 Å². The van der Waals surface area contributed by atoms with Crippen LogP contribution < -0.4 is 10.1 Å². The Bertz CT molecular complexity index is 387. The van der Waals surface area contributed by atoms with Crippen molar-refractivity contribution in [1.82, 2.24) is 5.32 Å². The molecule has 1 aromatic carbocycles. The van der Waals surface area contributed by atoms with E-state index in [0.29, 0.717) is 6.54 Å². The molecule has 2 N–H and O–H groups in total. The number of benzene rings is 1. The second-order valence-corrected chi connectivity index (χ2v) is 4.41. The van der Waals surface area contributed by atoms with E-state index in [1.807, 2.05) is 18.2 Å². The molecule has 4 heteroatoms. The Morgan fingerprint density at radius 2 is 2.29 bits per heavy atom. The average Bonchev–Trinajstić information content (AvgIpc) is 2.33. The number of aliphatic hydroxyl groups is 1. The highest BCUT2D eigenvalue weighted by Gasteiger charge is 2.03. The largest absolute Gasteiger partial charge is 0.481 e. The van der Waals surface area contributed by atoms with Crippen molar-refractivity contribution in [3.05, 3.63) is 28.2 Å². The first kappa shape index (κ1) is 14.0. The summed E-state index contributed by atoms with van der Waals surface area (Å²) in [5, 5.41) is 11.9. The lowest BCUT2D eigenvalue weighted by atomic mass is 10.2. The summed E-state index contributed by atoms with van der Waals surface area (Å²) < 4.78 is 6.46. The smallest absolute Gasteiger partial charge is 0.148 e. The fourth-order valence-electron chi connectivity index (χ4n) is 1.37. The quantitative estimate of drug-likeness (QED) is 0.597. The molecule has 0 spiro atoms. The van der Waals surface area contributed by atoms with E-state index in [4.69, 9.17) is 16.3 Å². The van der Waals surface area contributed by atoms with Crippen LogP contribution in [0.4, 0.5) is 0 Å². The number of hydrogen-bond donors (Lipinski definition) is 2. The van der Waals surface area contributed by atoms with Crippen molar-refractivity contribution in [2.24, 2.45) is 0 Å². The van der Waals surface area contributed by atoms with E-state index in [9.17, 15) is 0 Å². The molecule has 0 bridgehead atoms. The fraction of sp³-hybridized carbons (Fsp3) is 0.385. The number of terminal acetylenes is 1. The molecule has 0 radical (unpaired) electrons. The van der Waals surface area contributed by atoms with Crippen LogP contribution in [0.3, 0.4) is 0 Å². The van der Waals surface area contributed by atoms with E-state index in [1.54, 1.807) is 0 Å². The van der Waals surface area contributed by atoms with Crippen LogP contribution in [0.1, 0.15) is 12.0 Å². The van der Waals surface area contributed by atoms with Crippen molar-refractivity contribution >= 4 is 15.9 Å². The highest BCUT2D eigenvalue weighted by atomic mass is 79.9. The Morgan fingerprint density at radius 1 is 1.47 bits per heavy atom. The third kappa shape index (κ3) is 5.22. The van der Waals surface area contributed by atoms with Crippen molar-refractivity contribution in [3.8, 4) is 18.1 Å². The van der Waals surface area contributed by atoms with Crippen molar-refractivity contribution in [2.45, 2.75) is 13.0 Å². The predicted molar refractivity (Wildman–Crippen MR) is 71.9 cm³/mol. The summed E-state index contributed by atoms with van der Waals surface area (Å²) >= 11 is 3.42. The predicted octanol–water partition coefficient (Wildman–Crippen LogP) is 1.93. The third-order valence-corrected chi connectivity index (χ3v) is 2.65. The molecule has 0 aromatic heterocycles. The summed E-state index contributed by atoms with van der Waals surface area (Å²) in [4.78, 5) is 0. The van der Waals surface area contributed by atoms with Crippen LogP contribution in [0.2, 0.25) is 0 Å². The van der Waals surface area contributed by atoms with E-state index in [1.165, 1.54) is 0 Å². The lowest BCUT2D eigenvalue weighted by Gasteiger charge is -2.11. The van der Waals surface area contributed by atoms with E-state index >= 15 is 0 Å². The van der Waals surface area contributed by atoms with Gasteiger partial charge in [0.05, 0.1) is 0 Å². The molecule has 0 heterocycles. The van der Waals surface area contributed by atoms with Gasteiger partial charge < -0.3 is 15.2 Å². The van der Waals surface area contributed by atoms with Crippen LogP contribution in [0.15, 0.2) is 22.7 Å². The summed E-state index contributed by atoms with van der Waals surface area (Å²) in [5.41, 5.74) is 1.05. The first-order valence-corrected chi connectivity index (χ1v) is 6.23. The average molecular weight is 298 g/mol. The van der Waals surface area contributed by atoms with Crippen molar-refractivity contribution in [1.29, 1.82) is 0 Å². The van der Waals surface area contributed by atoms with Gasteiger partial charge in [-0.1, -0.05) is 21.9 Å². The van der Waals surface area contributed by atoms with Gasteiger partial charge in [0.1, 0.15) is 12.4 Å². The molecule has 0 amide bonds. The maximum absolute atomic E-state index is 8.68. The Balaban J connectivity index is 2.60. The van der Waals surface area contributed by atoms with Gasteiger partial charge in [0.2, 0.25) is 0 Å². The fourth-order valence-corrected chi connectivity index (χ4v) is 1.78. The number of ether oxygens (including phenoxy) is 1. The summed E-state index contributed by atoms with van der Waals surface area (Å²) in [6.45, 7) is 1.94. The maximum atomic E-state index is 8.68. The lowest BCUT2D eigenvalue weighted by Crippen LogP contribution is -2.16. The molecule has 0 aliphatic carbocycles. The van der Waals surface area contributed by atoms with E-state index in [0.717, 1.165) is 28.8 Å². The van der Waals surface area contributed by atoms with E-state index in [2.05, 4.69) is 27.2 Å². The first-order chi connectivity index (χ1) is 8.27. The third-order valence-electron chi connectivity index (χ3n) is 2.16. The van der Waals surface area contributed by atoms with Gasteiger partial charge in [-0.05, 0) is 31.2 Å². The molecule has 0 atom stereocenters. The minimum Gasteiger partial charge on any atom is -0.481 e. The van der Waals surface area contributed by atoms with Gasteiger partial charge >= 0.3 is 0 Å². The first-order valence-electron chi connectivity index (χ1n) is 5.44. The highest BCUT2D eigenvalue weighted by molar-refractivity contribution is 9.10. The zero-order valence-corrected chi connectivity index (χ0v) is 11.2. The van der Waals surface area contributed by atoms with Crippen LogP contribution >= 0.6 is 15.9 Å². The van der Waals surface area contributed by atoms with Gasteiger partial charge in [0, 0.05) is 23.2 Å². The van der Waals surface area contributed by atoms with Gasteiger partial charge in [-0.2, -0.15) is 0 Å². The normalized spacial score (nSPS) is 9.94. The second kappa shape index (κ2) is 8.13. The Kier molecular flexibility index (Phi) is 6.71. The number of nitrogens with one attached hydrogen (secondary N) is 1.